The van der Waals surface area contributed by atoms with E-state index in [0.717, 1.165) is 12.1 Å². The lowest BCUT2D eigenvalue weighted by atomic mass is 10.2. The van der Waals surface area contributed by atoms with Crippen LogP contribution in [-0.4, -0.2) is 17.7 Å². The monoisotopic (exact) mass is 286 g/mol. The van der Waals surface area contributed by atoms with Crippen LogP contribution in [0.2, 0.25) is 0 Å². The highest BCUT2D eigenvalue weighted by Crippen LogP contribution is 2.31. The first-order chi connectivity index (χ1) is 9.45. The molecule has 1 heterocycles. The predicted molar refractivity (Wildman–Crippen MR) is 62.1 cm³/mol. The molecule has 8 heteroatoms. The number of aromatic nitrogens is 1. The highest BCUT2D eigenvalue weighted by molar-refractivity contribution is 5.90. The number of carbonyl (C=O) groups is 1. The van der Waals surface area contributed by atoms with Crippen LogP contribution in [0, 0.1) is 0 Å². The zero-order valence-corrected chi connectivity index (χ0v) is 9.98. The summed E-state index contributed by atoms with van der Waals surface area (Å²) in [6.45, 7) is -0.436. The molecular weight excluding hydrogens is 277 g/mol. The summed E-state index contributed by atoms with van der Waals surface area (Å²) in [5.41, 5.74) is -0.841. The van der Waals surface area contributed by atoms with Crippen LogP contribution in [0.4, 0.5) is 19.0 Å². The summed E-state index contributed by atoms with van der Waals surface area (Å²) < 4.78 is 46.9. The second-order valence-electron chi connectivity index (χ2n) is 3.75. The molecular formula is C12H9F3N2O3. The van der Waals surface area contributed by atoms with Gasteiger partial charge in [-0.1, -0.05) is 11.2 Å². The van der Waals surface area contributed by atoms with Gasteiger partial charge in [0, 0.05) is 6.07 Å². The number of carbonyl (C=O) groups excluding carboxylic acids is 1. The average Bonchev–Trinajstić information content (AvgIpc) is 2.88. The first-order valence-electron chi connectivity index (χ1n) is 5.45. The molecule has 0 saturated heterocycles. The molecule has 0 fully saturated rings. The zero-order chi connectivity index (χ0) is 14.6. The van der Waals surface area contributed by atoms with E-state index in [1.54, 1.807) is 0 Å². The maximum atomic E-state index is 12.5. The van der Waals surface area contributed by atoms with Gasteiger partial charge in [0.25, 0.3) is 5.91 Å². The van der Waals surface area contributed by atoms with Crippen LogP contribution in [0.25, 0.3) is 0 Å². The molecule has 0 radical (unpaired) electrons. The number of nitrogens with zero attached hydrogens (tertiary/aromatic N) is 1. The topological polar surface area (TPSA) is 64.4 Å². The van der Waals surface area contributed by atoms with E-state index >= 15 is 0 Å². The Kier molecular flexibility index (Phi) is 3.92. The van der Waals surface area contributed by atoms with Crippen molar-refractivity contribution < 1.29 is 27.2 Å². The minimum atomic E-state index is -4.46. The molecule has 0 aliphatic heterocycles. The molecule has 0 aliphatic rings. The van der Waals surface area contributed by atoms with Crippen LogP contribution in [0.3, 0.4) is 0 Å². The molecule has 0 aliphatic carbocycles. The Morgan fingerprint density at radius 3 is 2.80 bits per heavy atom. The van der Waals surface area contributed by atoms with Gasteiger partial charge in [-0.2, -0.15) is 13.2 Å². The minimum absolute atomic E-state index is 0.0462. The van der Waals surface area contributed by atoms with Crippen LogP contribution in [-0.2, 0) is 11.0 Å². The molecule has 0 atom stereocenters. The van der Waals surface area contributed by atoms with Gasteiger partial charge in [0.05, 0.1) is 5.56 Å². The van der Waals surface area contributed by atoms with E-state index in [4.69, 9.17) is 4.74 Å². The number of hydrogen-bond donors (Lipinski definition) is 1. The van der Waals surface area contributed by atoms with E-state index in [0.29, 0.717) is 0 Å². The zero-order valence-electron chi connectivity index (χ0n) is 9.98. The molecule has 1 aromatic heterocycles. The molecule has 20 heavy (non-hydrogen) atoms. The Labute approximate surface area is 111 Å². The summed E-state index contributed by atoms with van der Waals surface area (Å²) in [4.78, 5) is 11.4. The molecule has 1 amide bonds. The van der Waals surface area contributed by atoms with E-state index in [1.165, 1.54) is 24.5 Å². The van der Waals surface area contributed by atoms with Crippen molar-refractivity contribution in [1.29, 1.82) is 0 Å². The number of hydrogen-bond acceptors (Lipinski definition) is 4. The largest absolute Gasteiger partial charge is 0.484 e. The van der Waals surface area contributed by atoms with E-state index < -0.39 is 24.3 Å². The van der Waals surface area contributed by atoms with Gasteiger partial charge in [-0.3, -0.25) is 4.79 Å². The van der Waals surface area contributed by atoms with Crippen LogP contribution >= 0.6 is 0 Å². The van der Waals surface area contributed by atoms with Crippen molar-refractivity contribution in [2.45, 2.75) is 6.18 Å². The van der Waals surface area contributed by atoms with Gasteiger partial charge in [-0.15, -0.1) is 0 Å². The molecule has 2 aromatic rings. The summed E-state index contributed by atoms with van der Waals surface area (Å²) in [6, 6.07) is 5.69. The number of alkyl halides is 3. The van der Waals surface area contributed by atoms with E-state index in [2.05, 4.69) is 15.0 Å². The number of ether oxygens (including phenoxy) is 1. The van der Waals surface area contributed by atoms with Gasteiger partial charge < -0.3 is 14.6 Å². The summed E-state index contributed by atoms with van der Waals surface area (Å²) in [5, 5.41) is 5.79. The fraction of sp³-hybridized carbons (Fsp3) is 0.167. The van der Waals surface area contributed by atoms with Crippen LogP contribution in [0.1, 0.15) is 5.56 Å². The standard InChI is InChI=1S/C12H9F3N2O3/c13-12(14,15)8-2-1-3-9(6-8)19-7-11(18)16-10-4-5-20-17-10/h1-6H,7H2,(H,16,17,18). The third kappa shape index (κ3) is 3.74. The fourth-order valence-corrected chi connectivity index (χ4v) is 1.37. The molecule has 1 N–H and O–H groups in total. The fourth-order valence-electron chi connectivity index (χ4n) is 1.37. The number of rotatable bonds is 4. The van der Waals surface area contributed by atoms with Crippen molar-refractivity contribution in [1.82, 2.24) is 5.16 Å². The Morgan fingerprint density at radius 2 is 2.15 bits per heavy atom. The lowest BCUT2D eigenvalue weighted by molar-refractivity contribution is -0.137. The minimum Gasteiger partial charge on any atom is -0.484 e. The van der Waals surface area contributed by atoms with E-state index in [9.17, 15) is 18.0 Å². The van der Waals surface area contributed by atoms with Crippen molar-refractivity contribution in [2.24, 2.45) is 0 Å². The molecule has 2 rings (SSSR count). The second kappa shape index (κ2) is 5.64. The smallest absolute Gasteiger partial charge is 0.416 e. The number of anilines is 1. The Balaban J connectivity index is 1.92. The maximum absolute atomic E-state index is 12.5. The number of amides is 1. The van der Waals surface area contributed by atoms with Crippen molar-refractivity contribution >= 4 is 11.7 Å². The van der Waals surface area contributed by atoms with Crippen LogP contribution < -0.4 is 10.1 Å². The molecule has 1 aromatic carbocycles. The molecule has 0 spiro atoms. The third-order valence-corrected chi connectivity index (χ3v) is 2.24. The summed E-state index contributed by atoms with van der Waals surface area (Å²) in [7, 11) is 0. The first-order valence-corrected chi connectivity index (χ1v) is 5.45. The molecule has 0 bridgehead atoms. The van der Waals surface area contributed by atoms with Gasteiger partial charge in [0.1, 0.15) is 12.0 Å². The van der Waals surface area contributed by atoms with Crippen LogP contribution in [0.15, 0.2) is 41.1 Å². The lowest BCUT2D eigenvalue weighted by Gasteiger charge is -2.09. The van der Waals surface area contributed by atoms with Gasteiger partial charge in [0.15, 0.2) is 12.4 Å². The van der Waals surface area contributed by atoms with E-state index in [-0.39, 0.29) is 11.6 Å². The summed E-state index contributed by atoms with van der Waals surface area (Å²) >= 11 is 0. The average molecular weight is 286 g/mol. The van der Waals surface area contributed by atoms with Crippen molar-refractivity contribution in [3.05, 3.63) is 42.2 Å². The van der Waals surface area contributed by atoms with E-state index in [1.807, 2.05) is 0 Å². The number of halogens is 3. The maximum Gasteiger partial charge on any atom is 0.416 e. The third-order valence-electron chi connectivity index (χ3n) is 2.24. The first kappa shape index (κ1) is 13.9. The highest BCUT2D eigenvalue weighted by Gasteiger charge is 2.30. The summed E-state index contributed by atoms with van der Waals surface area (Å²) in [5.74, 6) is -0.408. The normalized spacial score (nSPS) is 11.2. The Hall–Kier alpha value is -2.51. The molecule has 0 saturated carbocycles. The Morgan fingerprint density at radius 1 is 1.35 bits per heavy atom. The van der Waals surface area contributed by atoms with Gasteiger partial charge >= 0.3 is 6.18 Å². The van der Waals surface area contributed by atoms with Gasteiger partial charge in [0.2, 0.25) is 0 Å². The highest BCUT2D eigenvalue weighted by atomic mass is 19.4. The van der Waals surface area contributed by atoms with Crippen molar-refractivity contribution in [3.8, 4) is 5.75 Å². The number of nitrogens with one attached hydrogen (secondary N) is 1. The second-order valence-corrected chi connectivity index (χ2v) is 3.75. The van der Waals surface area contributed by atoms with Gasteiger partial charge in [-0.25, -0.2) is 0 Å². The molecule has 106 valence electrons. The SMILES string of the molecule is O=C(COc1cccc(C(F)(F)F)c1)Nc1ccon1. The lowest BCUT2D eigenvalue weighted by Crippen LogP contribution is -2.20. The van der Waals surface area contributed by atoms with Crippen LogP contribution in [0.5, 0.6) is 5.75 Å². The number of benzene rings is 1. The van der Waals surface area contributed by atoms with Gasteiger partial charge in [-0.05, 0) is 18.2 Å². The Bertz CT molecular complexity index is 582. The quantitative estimate of drug-likeness (QED) is 0.938. The molecule has 0 unspecified atom stereocenters. The summed E-state index contributed by atoms with van der Waals surface area (Å²) in [6.07, 6.45) is -3.19. The van der Waals surface area contributed by atoms with Crippen molar-refractivity contribution in [3.63, 3.8) is 0 Å². The predicted octanol–water partition coefficient (Wildman–Crippen LogP) is 2.71. The molecule has 5 nitrogen and oxygen atoms in total. The van der Waals surface area contributed by atoms with Crippen molar-refractivity contribution in [2.75, 3.05) is 11.9 Å².